The lowest BCUT2D eigenvalue weighted by Gasteiger charge is -2.30. The highest BCUT2D eigenvalue weighted by molar-refractivity contribution is 7.89. The van der Waals surface area contributed by atoms with Gasteiger partial charge in [-0.05, 0) is 88.9 Å². The normalized spacial score (nSPS) is 11.7. The van der Waals surface area contributed by atoms with Crippen molar-refractivity contribution < 1.29 is 22.7 Å². The number of sulfonamides is 1. The number of aryl methyl sites for hydroxylation is 4. The number of benzene rings is 2. The van der Waals surface area contributed by atoms with Crippen LogP contribution in [-0.2, 0) is 27.8 Å². The van der Waals surface area contributed by atoms with E-state index in [9.17, 15) is 13.2 Å². The van der Waals surface area contributed by atoms with E-state index in [1.54, 1.807) is 44.3 Å². The van der Waals surface area contributed by atoms with Crippen molar-refractivity contribution in [2.45, 2.75) is 65.4 Å². The summed E-state index contributed by atoms with van der Waals surface area (Å²) in [6.07, 6.45) is 0.584. The smallest absolute Gasteiger partial charge is 0.244 e. The number of hydrogen-bond donors (Lipinski definition) is 0. The van der Waals surface area contributed by atoms with Crippen LogP contribution >= 0.6 is 11.3 Å². The summed E-state index contributed by atoms with van der Waals surface area (Å²) in [4.78, 5) is 18.0. The molecule has 1 amide bonds. The number of carbonyl (C=O) groups excluding carboxylic acids is 1. The molecule has 2 aromatic carbocycles. The molecule has 0 aliphatic carbocycles. The van der Waals surface area contributed by atoms with Gasteiger partial charge in [0.1, 0.15) is 0 Å². The van der Waals surface area contributed by atoms with Crippen LogP contribution in [0.3, 0.4) is 0 Å². The van der Waals surface area contributed by atoms with Gasteiger partial charge < -0.3 is 14.4 Å². The molecule has 3 aromatic rings. The van der Waals surface area contributed by atoms with E-state index >= 15 is 0 Å². The number of hydrogen-bond acceptors (Lipinski definition) is 6. The molecule has 0 bridgehead atoms. The van der Waals surface area contributed by atoms with E-state index in [4.69, 9.17) is 9.47 Å². The standard InChI is InChI=1S/C30H40N2O5S2/c1-20(2)32(39(34,35)30-22(4)15-21(3)16-23(30)5)19-29(33)31(18-26-11-9-24(6)38-26)14-13-25-10-12-27(36-7)28(17-25)37-8/h9-12,15-17,20H,13-14,18-19H2,1-8H3. The number of amides is 1. The van der Waals surface area contributed by atoms with E-state index in [1.165, 1.54) is 4.31 Å². The summed E-state index contributed by atoms with van der Waals surface area (Å²) >= 11 is 1.64. The molecule has 0 aliphatic heterocycles. The molecule has 39 heavy (non-hydrogen) atoms. The lowest BCUT2D eigenvalue weighted by atomic mass is 10.1. The van der Waals surface area contributed by atoms with Gasteiger partial charge in [-0.15, -0.1) is 11.3 Å². The second kappa shape index (κ2) is 13.0. The van der Waals surface area contributed by atoms with E-state index in [-0.39, 0.29) is 17.3 Å². The zero-order valence-electron chi connectivity index (χ0n) is 24.2. The number of carbonyl (C=O) groups is 1. The number of methoxy groups -OCH3 is 2. The average Bonchev–Trinajstić information content (AvgIpc) is 3.27. The summed E-state index contributed by atoms with van der Waals surface area (Å²) in [5.41, 5.74) is 3.37. The predicted molar refractivity (Wildman–Crippen MR) is 157 cm³/mol. The van der Waals surface area contributed by atoms with Crippen molar-refractivity contribution in [2.75, 3.05) is 27.3 Å². The van der Waals surface area contributed by atoms with Crippen molar-refractivity contribution in [3.05, 3.63) is 74.5 Å². The molecule has 0 atom stereocenters. The summed E-state index contributed by atoms with van der Waals surface area (Å²) in [6.45, 7) is 11.8. The minimum absolute atomic E-state index is 0.233. The van der Waals surface area contributed by atoms with Crippen LogP contribution in [0.15, 0.2) is 47.4 Å². The molecule has 3 rings (SSSR count). The Balaban J connectivity index is 1.89. The molecule has 0 N–H and O–H groups in total. The lowest BCUT2D eigenvalue weighted by molar-refractivity contribution is -0.132. The Labute approximate surface area is 237 Å². The SMILES string of the molecule is COc1ccc(CCN(Cc2ccc(C)s2)C(=O)CN(C(C)C)S(=O)(=O)c2c(C)cc(C)cc2C)cc1OC. The molecule has 212 valence electrons. The summed E-state index contributed by atoms with van der Waals surface area (Å²) in [6, 6.07) is 13.1. The molecule has 0 saturated heterocycles. The molecule has 0 radical (unpaired) electrons. The molecule has 1 heterocycles. The molecular weight excluding hydrogens is 532 g/mol. The van der Waals surface area contributed by atoms with Crippen LogP contribution < -0.4 is 9.47 Å². The van der Waals surface area contributed by atoms with Crippen LogP contribution in [0.4, 0.5) is 0 Å². The van der Waals surface area contributed by atoms with Crippen molar-refractivity contribution in [3.63, 3.8) is 0 Å². The largest absolute Gasteiger partial charge is 0.493 e. The van der Waals surface area contributed by atoms with Crippen LogP contribution in [0, 0.1) is 27.7 Å². The summed E-state index contributed by atoms with van der Waals surface area (Å²) in [7, 11) is -0.717. The Morgan fingerprint density at radius 1 is 0.923 bits per heavy atom. The number of ether oxygens (including phenoxy) is 2. The molecule has 0 saturated carbocycles. The van der Waals surface area contributed by atoms with E-state index < -0.39 is 16.1 Å². The third kappa shape index (κ3) is 7.41. The Hall–Kier alpha value is -2.88. The van der Waals surface area contributed by atoms with Crippen molar-refractivity contribution in [1.82, 2.24) is 9.21 Å². The van der Waals surface area contributed by atoms with Crippen molar-refractivity contribution in [3.8, 4) is 11.5 Å². The second-order valence-corrected chi connectivity index (χ2v) is 13.3. The van der Waals surface area contributed by atoms with Gasteiger partial charge in [-0.3, -0.25) is 4.79 Å². The van der Waals surface area contributed by atoms with Gasteiger partial charge in [0.25, 0.3) is 0 Å². The molecule has 0 spiro atoms. The Bertz CT molecular complexity index is 1390. The van der Waals surface area contributed by atoms with Gasteiger partial charge in [0.05, 0.1) is 32.2 Å². The maximum atomic E-state index is 13.9. The fourth-order valence-electron chi connectivity index (χ4n) is 4.82. The maximum absolute atomic E-state index is 13.9. The van der Waals surface area contributed by atoms with Gasteiger partial charge in [-0.25, -0.2) is 8.42 Å². The monoisotopic (exact) mass is 572 g/mol. The van der Waals surface area contributed by atoms with Crippen LogP contribution in [-0.4, -0.2) is 56.9 Å². The van der Waals surface area contributed by atoms with Crippen molar-refractivity contribution >= 4 is 27.3 Å². The molecular formula is C30H40N2O5S2. The fourth-order valence-corrected chi connectivity index (χ4v) is 7.73. The Morgan fingerprint density at radius 2 is 1.56 bits per heavy atom. The maximum Gasteiger partial charge on any atom is 0.244 e. The van der Waals surface area contributed by atoms with E-state index in [2.05, 4.69) is 0 Å². The van der Waals surface area contributed by atoms with Crippen LogP contribution in [0.25, 0.3) is 0 Å². The summed E-state index contributed by atoms with van der Waals surface area (Å²) < 4.78 is 39.9. The average molecular weight is 573 g/mol. The molecule has 0 unspecified atom stereocenters. The summed E-state index contributed by atoms with van der Waals surface area (Å²) in [5.74, 6) is 1.03. The highest BCUT2D eigenvalue weighted by Gasteiger charge is 2.33. The third-order valence-corrected chi connectivity index (χ3v) is 9.97. The minimum atomic E-state index is -3.90. The van der Waals surface area contributed by atoms with Gasteiger partial charge >= 0.3 is 0 Å². The van der Waals surface area contributed by atoms with Crippen molar-refractivity contribution in [2.24, 2.45) is 0 Å². The first-order valence-corrected chi connectivity index (χ1v) is 15.3. The zero-order chi connectivity index (χ0) is 28.9. The molecule has 7 nitrogen and oxygen atoms in total. The lowest BCUT2D eigenvalue weighted by Crippen LogP contribution is -2.46. The van der Waals surface area contributed by atoms with Gasteiger partial charge in [-0.2, -0.15) is 4.31 Å². The summed E-state index contributed by atoms with van der Waals surface area (Å²) in [5, 5.41) is 0. The number of rotatable bonds is 12. The predicted octanol–water partition coefficient (Wildman–Crippen LogP) is 5.67. The third-order valence-electron chi connectivity index (χ3n) is 6.65. The van der Waals surface area contributed by atoms with E-state index in [1.807, 2.05) is 70.2 Å². The minimum Gasteiger partial charge on any atom is -0.493 e. The molecule has 0 aliphatic rings. The highest BCUT2D eigenvalue weighted by atomic mass is 32.2. The Morgan fingerprint density at radius 3 is 2.10 bits per heavy atom. The van der Waals surface area contributed by atoms with Crippen LogP contribution in [0.1, 0.15) is 45.9 Å². The van der Waals surface area contributed by atoms with Gasteiger partial charge in [0, 0.05) is 22.3 Å². The van der Waals surface area contributed by atoms with Crippen molar-refractivity contribution in [1.29, 1.82) is 0 Å². The molecule has 0 fully saturated rings. The first kappa shape index (κ1) is 30.7. The van der Waals surface area contributed by atoms with E-state index in [0.717, 1.165) is 20.9 Å². The quantitative estimate of drug-likeness (QED) is 0.280. The number of thiophene rings is 1. The fraction of sp³-hybridized carbons (Fsp3) is 0.433. The van der Waals surface area contributed by atoms with Crippen LogP contribution in [0.5, 0.6) is 11.5 Å². The molecule has 9 heteroatoms. The van der Waals surface area contributed by atoms with Gasteiger partial charge in [0.2, 0.25) is 15.9 Å². The Kier molecular flexibility index (Phi) is 10.2. The first-order chi connectivity index (χ1) is 18.4. The van der Waals surface area contributed by atoms with Crippen LogP contribution in [0.2, 0.25) is 0 Å². The van der Waals surface area contributed by atoms with E-state index in [0.29, 0.717) is 42.1 Å². The topological polar surface area (TPSA) is 76.2 Å². The first-order valence-electron chi connectivity index (χ1n) is 13.0. The van der Waals surface area contributed by atoms with Gasteiger partial charge in [-0.1, -0.05) is 23.8 Å². The molecule has 1 aromatic heterocycles. The highest BCUT2D eigenvalue weighted by Crippen LogP contribution is 2.29. The second-order valence-electron chi connectivity index (χ2n) is 10.1. The number of nitrogens with zero attached hydrogens (tertiary/aromatic N) is 2. The zero-order valence-corrected chi connectivity index (χ0v) is 25.8. The van der Waals surface area contributed by atoms with Gasteiger partial charge in [0.15, 0.2) is 11.5 Å².